The van der Waals surface area contributed by atoms with Crippen molar-refractivity contribution in [2.45, 2.75) is 19.2 Å². The van der Waals surface area contributed by atoms with Crippen LogP contribution < -0.4 is 0 Å². The third kappa shape index (κ3) is 1.71. The van der Waals surface area contributed by atoms with Crippen LogP contribution in [0, 0.1) is 0 Å². The first kappa shape index (κ1) is 10.2. The first-order valence-corrected chi connectivity index (χ1v) is 4.39. The van der Waals surface area contributed by atoms with Gasteiger partial charge in [-0.3, -0.25) is 0 Å². The van der Waals surface area contributed by atoms with Crippen molar-refractivity contribution in [3.8, 4) is 0 Å². The molecule has 0 aromatic carbocycles. The van der Waals surface area contributed by atoms with Crippen LogP contribution in [0.5, 0.6) is 0 Å². The Morgan fingerprint density at radius 2 is 2.38 bits per heavy atom. The highest BCUT2D eigenvalue weighted by atomic mass is 16.5. The molecule has 1 atom stereocenters. The number of esters is 1. The number of hydrogen-bond donors (Lipinski definition) is 0. The van der Waals surface area contributed by atoms with Gasteiger partial charge in [-0.15, -0.1) is 0 Å². The van der Waals surface area contributed by atoms with Crippen LogP contribution in [0.25, 0.3) is 0 Å². The van der Waals surface area contributed by atoms with Crippen molar-refractivity contribution < 1.29 is 9.53 Å². The van der Waals surface area contributed by atoms with Crippen molar-refractivity contribution >= 4 is 13.8 Å². The summed E-state index contributed by atoms with van der Waals surface area (Å²) in [7, 11) is 9.10. The molecule has 0 amide bonds. The highest BCUT2D eigenvalue weighted by molar-refractivity contribution is 6.15. The summed E-state index contributed by atoms with van der Waals surface area (Å²) >= 11 is 0. The Balaban J connectivity index is 2.98. The molecule has 0 bridgehead atoms. The first-order chi connectivity index (χ1) is 6.11. The van der Waals surface area contributed by atoms with Gasteiger partial charge in [0, 0.05) is 13.6 Å². The lowest BCUT2D eigenvalue weighted by Crippen LogP contribution is -2.21. The number of nitrogens with zero attached hydrogens (tertiary/aromatic N) is 1. The van der Waals surface area contributed by atoms with Gasteiger partial charge in [0.25, 0.3) is 0 Å². The van der Waals surface area contributed by atoms with Crippen LogP contribution in [0.3, 0.4) is 0 Å². The van der Waals surface area contributed by atoms with E-state index in [1.165, 1.54) is 7.11 Å². The molecule has 13 heavy (non-hydrogen) atoms. The molecule has 1 unspecified atom stereocenters. The van der Waals surface area contributed by atoms with Crippen molar-refractivity contribution in [1.82, 2.24) is 4.90 Å². The number of likely N-dealkylation sites (N-methyl/N-ethyl adjacent to an activating group) is 1. The zero-order valence-electron chi connectivity index (χ0n) is 8.33. The van der Waals surface area contributed by atoms with Crippen molar-refractivity contribution in [1.29, 1.82) is 0 Å². The smallest absolute Gasteiger partial charge is 0.354 e. The second-order valence-corrected chi connectivity index (χ2v) is 3.21. The Morgan fingerprint density at radius 1 is 1.77 bits per heavy atom. The summed E-state index contributed by atoms with van der Waals surface area (Å²) in [5, 5.41) is 0. The Morgan fingerprint density at radius 3 is 2.85 bits per heavy atom. The summed E-state index contributed by atoms with van der Waals surface area (Å²) in [6, 6.07) is 0. The number of rotatable bonds is 2. The average Bonchev–Trinajstić information content (AvgIpc) is 2.39. The summed E-state index contributed by atoms with van der Waals surface area (Å²) in [5.41, 5.74) is 1.63. The summed E-state index contributed by atoms with van der Waals surface area (Å²) < 4.78 is 4.69. The molecular weight excluding hydrogens is 165 g/mol. The van der Waals surface area contributed by atoms with E-state index in [2.05, 4.69) is 0 Å². The molecule has 1 aliphatic rings. The molecule has 0 aromatic heterocycles. The zero-order chi connectivity index (χ0) is 10.0. The van der Waals surface area contributed by atoms with Crippen molar-refractivity contribution in [3.63, 3.8) is 0 Å². The molecule has 0 fully saturated rings. The maximum absolute atomic E-state index is 11.4. The molecule has 0 saturated heterocycles. The van der Waals surface area contributed by atoms with Crippen LogP contribution in [0.1, 0.15) is 13.3 Å². The molecular formula is C9H14BNO2. The van der Waals surface area contributed by atoms with Crippen LogP contribution in [0.2, 0.25) is 5.82 Å². The van der Waals surface area contributed by atoms with Crippen LogP contribution in [0.15, 0.2) is 11.3 Å². The van der Waals surface area contributed by atoms with E-state index >= 15 is 0 Å². The van der Waals surface area contributed by atoms with Gasteiger partial charge in [0.1, 0.15) is 5.70 Å². The normalized spacial score (nSPS) is 22.4. The van der Waals surface area contributed by atoms with Gasteiger partial charge >= 0.3 is 5.97 Å². The van der Waals surface area contributed by atoms with E-state index in [0.717, 1.165) is 12.0 Å². The standard InChI is InChI=1S/C9H14BNO2/c1-4-6-7(10)5-11(2)8(6)9(12)13-3/h7H,4-5H2,1-3H3. The largest absolute Gasteiger partial charge is 0.464 e. The summed E-state index contributed by atoms with van der Waals surface area (Å²) in [5.74, 6) is -0.309. The fraction of sp³-hybridized carbons (Fsp3) is 0.667. The van der Waals surface area contributed by atoms with Gasteiger partial charge in [-0.05, 0) is 17.8 Å². The molecule has 4 heteroatoms. The Labute approximate surface area is 80.2 Å². The van der Waals surface area contributed by atoms with Gasteiger partial charge in [0.15, 0.2) is 0 Å². The summed E-state index contributed by atoms with van der Waals surface area (Å²) in [6.45, 7) is 2.70. The topological polar surface area (TPSA) is 29.5 Å². The zero-order valence-corrected chi connectivity index (χ0v) is 8.33. The lowest BCUT2D eigenvalue weighted by atomic mass is 9.81. The van der Waals surface area contributed by atoms with Gasteiger partial charge in [-0.2, -0.15) is 0 Å². The Hall–Kier alpha value is -0.925. The van der Waals surface area contributed by atoms with Crippen molar-refractivity contribution in [2.24, 2.45) is 0 Å². The summed E-state index contributed by atoms with van der Waals surface area (Å²) in [6.07, 6.45) is 0.802. The number of carbonyl (C=O) groups is 1. The minimum Gasteiger partial charge on any atom is -0.464 e. The maximum Gasteiger partial charge on any atom is 0.354 e. The van der Waals surface area contributed by atoms with Gasteiger partial charge in [0.2, 0.25) is 0 Å². The van der Waals surface area contributed by atoms with Gasteiger partial charge in [-0.1, -0.05) is 6.92 Å². The van der Waals surface area contributed by atoms with E-state index in [-0.39, 0.29) is 11.8 Å². The monoisotopic (exact) mass is 179 g/mol. The summed E-state index contributed by atoms with van der Waals surface area (Å²) in [4.78, 5) is 13.2. The van der Waals surface area contributed by atoms with Gasteiger partial charge < -0.3 is 9.64 Å². The van der Waals surface area contributed by atoms with E-state index in [4.69, 9.17) is 12.6 Å². The molecule has 0 aliphatic carbocycles. The van der Waals surface area contributed by atoms with E-state index in [1.807, 2.05) is 18.9 Å². The highest BCUT2D eigenvalue weighted by Gasteiger charge is 2.29. The molecule has 0 N–H and O–H groups in total. The van der Waals surface area contributed by atoms with Gasteiger partial charge in [-0.25, -0.2) is 4.79 Å². The molecule has 2 radical (unpaired) electrons. The highest BCUT2D eigenvalue weighted by Crippen LogP contribution is 2.31. The third-order valence-corrected chi connectivity index (χ3v) is 2.36. The van der Waals surface area contributed by atoms with Crippen molar-refractivity contribution in [2.75, 3.05) is 20.7 Å². The lowest BCUT2D eigenvalue weighted by molar-refractivity contribution is -0.137. The molecule has 3 nitrogen and oxygen atoms in total. The van der Waals surface area contributed by atoms with Crippen LogP contribution in [-0.2, 0) is 9.53 Å². The van der Waals surface area contributed by atoms with E-state index in [1.54, 1.807) is 0 Å². The van der Waals surface area contributed by atoms with E-state index < -0.39 is 0 Å². The van der Waals surface area contributed by atoms with Crippen LogP contribution in [0.4, 0.5) is 0 Å². The fourth-order valence-electron chi connectivity index (χ4n) is 1.73. The van der Waals surface area contributed by atoms with Crippen molar-refractivity contribution in [3.05, 3.63) is 11.3 Å². The predicted molar refractivity (Wildman–Crippen MR) is 51.5 cm³/mol. The second kappa shape index (κ2) is 3.86. The predicted octanol–water partition coefficient (Wildman–Crippen LogP) is 0.726. The average molecular weight is 179 g/mol. The van der Waals surface area contributed by atoms with Gasteiger partial charge in [0.05, 0.1) is 15.0 Å². The second-order valence-electron chi connectivity index (χ2n) is 3.21. The quantitative estimate of drug-likeness (QED) is 0.462. The third-order valence-electron chi connectivity index (χ3n) is 2.36. The first-order valence-electron chi connectivity index (χ1n) is 4.39. The number of hydrogen-bond acceptors (Lipinski definition) is 3. The fourth-order valence-corrected chi connectivity index (χ4v) is 1.73. The molecule has 70 valence electrons. The minimum absolute atomic E-state index is 0.0240. The maximum atomic E-state index is 11.4. The molecule has 1 rings (SSSR count). The molecule has 1 heterocycles. The Bertz CT molecular complexity index is 250. The SMILES string of the molecule is [B]C1CN(C)C(C(=O)OC)=C1CC. The minimum atomic E-state index is -0.285. The molecule has 1 aliphatic heterocycles. The van der Waals surface area contributed by atoms with E-state index in [0.29, 0.717) is 12.2 Å². The molecule has 0 saturated carbocycles. The number of methoxy groups -OCH3 is 1. The molecule has 0 spiro atoms. The lowest BCUT2D eigenvalue weighted by Gasteiger charge is -2.14. The van der Waals surface area contributed by atoms with E-state index in [9.17, 15) is 4.79 Å². The molecule has 0 aromatic rings. The Kier molecular flexibility index (Phi) is 3.01. The van der Waals surface area contributed by atoms with Crippen LogP contribution in [-0.4, -0.2) is 39.4 Å². The van der Waals surface area contributed by atoms with Crippen LogP contribution >= 0.6 is 0 Å². The number of ether oxygens (including phenoxy) is 1. The number of carbonyl (C=O) groups excluding carboxylic acids is 1.